The van der Waals surface area contributed by atoms with Crippen LogP contribution in [0, 0.1) is 11.3 Å². The molecule has 0 fully saturated rings. The topological polar surface area (TPSA) is 89.3 Å². The number of ketones is 1. The second-order valence-electron chi connectivity index (χ2n) is 7.59. The number of ether oxygens (including phenoxy) is 1. The second kappa shape index (κ2) is 7.22. The van der Waals surface area contributed by atoms with Gasteiger partial charge in [0.2, 0.25) is 0 Å². The van der Waals surface area contributed by atoms with Crippen molar-refractivity contribution in [2.45, 2.75) is 12.8 Å². The van der Waals surface area contributed by atoms with E-state index in [1.165, 1.54) is 18.2 Å². The second-order valence-corrected chi connectivity index (χ2v) is 8.03. The zero-order valence-electron chi connectivity index (χ0n) is 16.7. The number of H-pyrrole nitrogens is 1. The van der Waals surface area contributed by atoms with Crippen LogP contribution in [-0.4, -0.2) is 34.4 Å². The first-order chi connectivity index (χ1) is 15.0. The maximum Gasteiger partial charge on any atom is 0.194 e. The van der Waals surface area contributed by atoms with Gasteiger partial charge >= 0.3 is 0 Å². The highest BCUT2D eigenvalue weighted by atomic mass is 35.5. The summed E-state index contributed by atoms with van der Waals surface area (Å²) < 4.78 is 5.37. The van der Waals surface area contributed by atoms with Crippen molar-refractivity contribution < 1.29 is 14.6 Å². The minimum atomic E-state index is -0.334. The molecule has 6 nitrogen and oxygen atoms in total. The van der Waals surface area contributed by atoms with Crippen LogP contribution in [0.5, 0.6) is 11.5 Å². The third kappa shape index (κ3) is 3.06. The van der Waals surface area contributed by atoms with Gasteiger partial charge in [-0.1, -0.05) is 11.6 Å². The van der Waals surface area contributed by atoms with Gasteiger partial charge in [0.25, 0.3) is 0 Å². The molecule has 5 rings (SSSR count). The summed E-state index contributed by atoms with van der Waals surface area (Å²) in [6, 6.07) is 12.5. The Morgan fingerprint density at radius 2 is 2.13 bits per heavy atom. The van der Waals surface area contributed by atoms with E-state index in [2.05, 4.69) is 11.1 Å². The smallest absolute Gasteiger partial charge is 0.194 e. The summed E-state index contributed by atoms with van der Waals surface area (Å²) in [5.41, 5.74) is 4.90. The first-order valence-corrected chi connectivity index (χ1v) is 10.2. The molecule has 0 saturated heterocycles. The lowest BCUT2D eigenvalue weighted by molar-refractivity contribution is 0.102. The largest absolute Gasteiger partial charge is 0.507 e. The van der Waals surface area contributed by atoms with Crippen molar-refractivity contribution in [1.29, 1.82) is 5.26 Å². The third-order valence-corrected chi connectivity index (χ3v) is 6.07. The predicted octanol–water partition coefficient (Wildman–Crippen LogP) is 4.80. The fourth-order valence-electron chi connectivity index (χ4n) is 4.36. The summed E-state index contributed by atoms with van der Waals surface area (Å²) in [6.45, 7) is 0.635. The van der Waals surface area contributed by atoms with Crippen molar-refractivity contribution in [2.75, 3.05) is 13.7 Å². The van der Waals surface area contributed by atoms with Crippen LogP contribution in [0.25, 0.3) is 16.6 Å². The Morgan fingerprint density at radius 3 is 2.90 bits per heavy atom. The van der Waals surface area contributed by atoms with E-state index in [0.717, 1.165) is 40.0 Å². The average Bonchev–Trinajstić information content (AvgIpc) is 3.17. The van der Waals surface area contributed by atoms with Gasteiger partial charge in [-0.15, -0.1) is 0 Å². The van der Waals surface area contributed by atoms with Gasteiger partial charge in [0.05, 0.1) is 35.7 Å². The van der Waals surface area contributed by atoms with Crippen molar-refractivity contribution in [1.82, 2.24) is 9.88 Å². The molecule has 2 aliphatic rings. The van der Waals surface area contributed by atoms with E-state index in [1.807, 2.05) is 23.1 Å². The van der Waals surface area contributed by atoms with Gasteiger partial charge in [0.15, 0.2) is 5.78 Å². The number of phenolic OH excluding ortho intramolecular Hbond substituents is 1. The SMILES string of the molecule is COc1ccc2[nH]c3c(c2c1)CCN1C=C(C(=O)c2cc(Cl)ccc2O)CC(C#N)=C31. The molecule has 1 aromatic heterocycles. The van der Waals surface area contributed by atoms with E-state index in [1.54, 1.807) is 13.3 Å². The molecule has 0 aliphatic carbocycles. The van der Waals surface area contributed by atoms with Crippen LogP contribution in [0.3, 0.4) is 0 Å². The van der Waals surface area contributed by atoms with Crippen LogP contribution >= 0.6 is 11.6 Å². The molecule has 0 bridgehead atoms. The number of phenols is 1. The number of aromatic hydroxyl groups is 1. The van der Waals surface area contributed by atoms with Gasteiger partial charge in [-0.25, -0.2) is 0 Å². The van der Waals surface area contributed by atoms with Crippen molar-refractivity contribution in [3.8, 4) is 17.6 Å². The summed E-state index contributed by atoms with van der Waals surface area (Å²) in [5, 5.41) is 21.5. The van der Waals surface area contributed by atoms with Crippen molar-refractivity contribution in [3.63, 3.8) is 0 Å². The highest BCUT2D eigenvalue weighted by Crippen LogP contribution is 2.41. The van der Waals surface area contributed by atoms with E-state index in [-0.39, 0.29) is 23.5 Å². The molecular formula is C24H18ClN3O3. The van der Waals surface area contributed by atoms with Crippen molar-refractivity contribution in [3.05, 3.63) is 75.6 Å². The number of hydrogen-bond acceptors (Lipinski definition) is 5. The summed E-state index contributed by atoms with van der Waals surface area (Å²) in [4.78, 5) is 18.5. The lowest BCUT2D eigenvalue weighted by Gasteiger charge is -2.33. The standard InChI is InChI=1S/C24H18ClN3O3/c1-31-16-3-4-20-18(10-16)17-6-7-28-12-14(8-13(11-26)23(28)22(17)27-20)24(30)19-9-15(25)2-5-21(19)29/h2-5,9-10,12,27,29H,6-8H2,1H3. The number of nitrogens with one attached hydrogen (secondary N) is 1. The number of benzene rings is 2. The number of aromatic nitrogens is 1. The molecule has 154 valence electrons. The first-order valence-electron chi connectivity index (χ1n) is 9.83. The number of hydrogen-bond donors (Lipinski definition) is 2. The molecule has 0 unspecified atom stereocenters. The monoisotopic (exact) mass is 431 g/mol. The minimum absolute atomic E-state index is 0.130. The number of fused-ring (bicyclic) bond motifs is 5. The Balaban J connectivity index is 1.58. The number of carbonyl (C=O) groups excluding carboxylic acids is 1. The first kappa shape index (κ1) is 19.3. The van der Waals surface area contributed by atoms with Gasteiger partial charge < -0.3 is 19.7 Å². The van der Waals surface area contributed by atoms with Gasteiger partial charge in [-0.05, 0) is 48.4 Å². The zero-order chi connectivity index (χ0) is 21.7. The van der Waals surface area contributed by atoms with Crippen LogP contribution in [0.4, 0.5) is 0 Å². The van der Waals surface area contributed by atoms with Gasteiger partial charge in [0.1, 0.15) is 11.5 Å². The number of halogens is 1. The number of Topliss-reactive ketones (excluding diaryl/α,β-unsaturated/α-hetero) is 1. The molecule has 0 saturated carbocycles. The van der Waals surface area contributed by atoms with E-state index < -0.39 is 0 Å². The normalized spacial score (nSPS) is 15.3. The highest BCUT2D eigenvalue weighted by molar-refractivity contribution is 6.31. The van der Waals surface area contributed by atoms with Crippen LogP contribution < -0.4 is 4.74 Å². The van der Waals surface area contributed by atoms with Crippen molar-refractivity contribution in [2.24, 2.45) is 0 Å². The summed E-state index contributed by atoms with van der Waals surface area (Å²) in [7, 11) is 1.64. The molecule has 0 radical (unpaired) electrons. The lowest BCUT2D eigenvalue weighted by Crippen LogP contribution is -2.29. The molecule has 2 aliphatic heterocycles. The number of aromatic amines is 1. The lowest BCUT2D eigenvalue weighted by atomic mass is 9.89. The minimum Gasteiger partial charge on any atom is -0.507 e. The molecule has 0 amide bonds. The zero-order valence-corrected chi connectivity index (χ0v) is 17.5. The van der Waals surface area contributed by atoms with Crippen LogP contribution in [0.15, 0.2) is 53.7 Å². The molecule has 7 heteroatoms. The molecule has 31 heavy (non-hydrogen) atoms. The maximum atomic E-state index is 13.1. The molecule has 2 N–H and O–H groups in total. The van der Waals surface area contributed by atoms with E-state index in [0.29, 0.717) is 22.7 Å². The Bertz CT molecular complexity index is 1360. The summed E-state index contributed by atoms with van der Waals surface area (Å²) in [6.07, 6.45) is 2.73. The van der Waals surface area contributed by atoms with Crippen LogP contribution in [0.2, 0.25) is 5.02 Å². The Hall–Kier alpha value is -3.69. The fourth-order valence-corrected chi connectivity index (χ4v) is 4.53. The molecule has 3 aromatic rings. The predicted molar refractivity (Wildman–Crippen MR) is 118 cm³/mol. The number of rotatable bonds is 3. The van der Waals surface area contributed by atoms with E-state index in [4.69, 9.17) is 16.3 Å². The van der Waals surface area contributed by atoms with Crippen molar-refractivity contribution >= 4 is 34.0 Å². The Morgan fingerprint density at radius 1 is 1.29 bits per heavy atom. The van der Waals surface area contributed by atoms with E-state index in [9.17, 15) is 15.2 Å². The number of nitrogens with zero attached hydrogens (tertiary/aromatic N) is 2. The third-order valence-electron chi connectivity index (χ3n) is 5.83. The number of allylic oxidation sites excluding steroid dienone is 2. The molecule has 0 atom stereocenters. The molecule has 0 spiro atoms. The highest BCUT2D eigenvalue weighted by Gasteiger charge is 2.32. The maximum absolute atomic E-state index is 13.1. The summed E-state index contributed by atoms with van der Waals surface area (Å²) in [5.74, 6) is 0.317. The number of nitriles is 1. The van der Waals surface area contributed by atoms with E-state index >= 15 is 0 Å². The number of methoxy groups -OCH3 is 1. The quantitative estimate of drug-likeness (QED) is 0.581. The van der Waals surface area contributed by atoms with Crippen LogP contribution in [0.1, 0.15) is 28.0 Å². The molecule has 2 aromatic carbocycles. The van der Waals surface area contributed by atoms with Gasteiger partial charge in [-0.3, -0.25) is 4.79 Å². The number of carbonyl (C=O) groups is 1. The van der Waals surface area contributed by atoms with Crippen LogP contribution in [-0.2, 0) is 6.42 Å². The fraction of sp³-hybridized carbons (Fsp3) is 0.167. The van der Waals surface area contributed by atoms with Gasteiger partial charge in [0, 0.05) is 40.7 Å². The Kier molecular flexibility index (Phi) is 4.49. The van der Waals surface area contributed by atoms with Gasteiger partial charge in [-0.2, -0.15) is 5.26 Å². The molecule has 3 heterocycles. The average molecular weight is 432 g/mol. The molecular weight excluding hydrogens is 414 g/mol. The summed E-state index contributed by atoms with van der Waals surface area (Å²) >= 11 is 6.02. The Labute approximate surface area is 183 Å².